The van der Waals surface area contributed by atoms with Crippen LogP contribution in [0.3, 0.4) is 0 Å². The molecule has 0 saturated carbocycles. The van der Waals surface area contributed by atoms with Gasteiger partial charge in [0, 0.05) is 25.2 Å². The molecule has 1 saturated heterocycles. The van der Waals surface area contributed by atoms with Gasteiger partial charge < -0.3 is 9.47 Å². The second kappa shape index (κ2) is 8.27. The van der Waals surface area contributed by atoms with Crippen LogP contribution < -0.4 is 15.0 Å². The summed E-state index contributed by atoms with van der Waals surface area (Å²) in [5.41, 5.74) is 0.0908. The zero-order valence-electron chi connectivity index (χ0n) is 17.1. The number of rotatable bonds is 5. The van der Waals surface area contributed by atoms with Crippen LogP contribution in [0.1, 0.15) is 18.9 Å². The number of hydrogen-bond acceptors (Lipinski definition) is 6. The number of sulfonamides is 1. The molecule has 2 aromatic carbocycles. The molecule has 0 N–H and O–H groups in total. The van der Waals surface area contributed by atoms with Gasteiger partial charge in [0.25, 0.3) is 5.56 Å². The smallest absolute Gasteiger partial charge is 0.261 e. The lowest BCUT2D eigenvalue weighted by atomic mass is 10.1. The number of methoxy groups -OCH3 is 2. The Morgan fingerprint density at radius 3 is 2.48 bits per heavy atom. The zero-order chi connectivity index (χ0) is 22.2. The highest BCUT2D eigenvalue weighted by atomic mass is 32.2. The number of hydrogen-bond donors (Lipinski definition) is 0. The number of ether oxygens (including phenoxy) is 2. The third-order valence-corrected chi connectivity index (χ3v) is 7.47. The highest BCUT2D eigenvalue weighted by Gasteiger charge is 2.32. The van der Waals surface area contributed by atoms with Crippen molar-refractivity contribution in [3.63, 3.8) is 0 Å². The summed E-state index contributed by atoms with van der Waals surface area (Å²) in [4.78, 5) is 17.1. The summed E-state index contributed by atoms with van der Waals surface area (Å²) in [5.74, 6) is 0.146. The predicted molar refractivity (Wildman–Crippen MR) is 113 cm³/mol. The first kappa shape index (κ1) is 21.3. The van der Waals surface area contributed by atoms with Crippen LogP contribution in [0.25, 0.3) is 10.9 Å². The first-order valence-corrected chi connectivity index (χ1v) is 11.2. The average molecular weight is 447 g/mol. The van der Waals surface area contributed by atoms with Crippen LogP contribution in [0, 0.1) is 5.82 Å². The molecule has 0 radical (unpaired) electrons. The van der Waals surface area contributed by atoms with E-state index in [9.17, 15) is 17.6 Å². The Hall–Kier alpha value is -2.98. The summed E-state index contributed by atoms with van der Waals surface area (Å²) in [6.45, 7) is 0.446. The maximum atomic E-state index is 13.6. The first-order valence-electron chi connectivity index (χ1n) is 9.73. The van der Waals surface area contributed by atoms with Crippen LogP contribution in [-0.4, -0.2) is 49.6 Å². The van der Waals surface area contributed by atoms with Crippen molar-refractivity contribution in [2.45, 2.75) is 23.8 Å². The fourth-order valence-electron chi connectivity index (χ4n) is 3.85. The lowest BCUT2D eigenvalue weighted by molar-refractivity contribution is 0.268. The van der Waals surface area contributed by atoms with E-state index in [0.29, 0.717) is 24.1 Å². The lowest BCUT2D eigenvalue weighted by Crippen LogP contribution is -2.41. The molecule has 10 heteroatoms. The second-order valence-corrected chi connectivity index (χ2v) is 9.18. The summed E-state index contributed by atoms with van der Waals surface area (Å²) in [6, 6.07) is 8.29. The summed E-state index contributed by atoms with van der Waals surface area (Å²) in [7, 11) is -0.943. The van der Waals surface area contributed by atoms with Gasteiger partial charge in [-0.15, -0.1) is 0 Å². The molecule has 0 aliphatic carbocycles. The lowest BCUT2D eigenvalue weighted by Gasteiger charge is -2.32. The molecule has 0 unspecified atom stereocenters. The minimum absolute atomic E-state index is 0.0350. The molecule has 1 aliphatic heterocycles. The van der Waals surface area contributed by atoms with Crippen molar-refractivity contribution in [1.82, 2.24) is 13.9 Å². The van der Waals surface area contributed by atoms with E-state index < -0.39 is 15.8 Å². The van der Waals surface area contributed by atoms with Crippen molar-refractivity contribution in [2.24, 2.45) is 0 Å². The molecule has 0 spiro atoms. The normalized spacial score (nSPS) is 15.8. The average Bonchev–Trinajstić information content (AvgIpc) is 2.79. The van der Waals surface area contributed by atoms with Crippen molar-refractivity contribution in [1.29, 1.82) is 0 Å². The summed E-state index contributed by atoms with van der Waals surface area (Å²) in [5, 5.41) is 0.207. The van der Waals surface area contributed by atoms with Gasteiger partial charge >= 0.3 is 0 Å². The van der Waals surface area contributed by atoms with Crippen LogP contribution >= 0.6 is 0 Å². The van der Waals surface area contributed by atoms with E-state index in [1.54, 1.807) is 12.1 Å². The number of nitrogens with zero attached hydrogens (tertiary/aromatic N) is 3. The quantitative estimate of drug-likeness (QED) is 0.597. The number of fused-ring (bicyclic) bond motifs is 1. The Morgan fingerprint density at radius 1 is 1.06 bits per heavy atom. The van der Waals surface area contributed by atoms with E-state index in [1.165, 1.54) is 53.7 Å². The second-order valence-electron chi connectivity index (χ2n) is 7.27. The van der Waals surface area contributed by atoms with Crippen LogP contribution in [-0.2, 0) is 10.0 Å². The molecule has 1 fully saturated rings. The van der Waals surface area contributed by atoms with Gasteiger partial charge in [0.05, 0.1) is 31.4 Å². The third-order valence-electron chi connectivity index (χ3n) is 5.55. The number of benzene rings is 2. The number of halogens is 1. The molecule has 31 heavy (non-hydrogen) atoms. The van der Waals surface area contributed by atoms with Crippen LogP contribution in [0.15, 0.2) is 52.4 Å². The van der Waals surface area contributed by atoms with E-state index in [4.69, 9.17) is 9.47 Å². The number of piperidine rings is 1. The van der Waals surface area contributed by atoms with Gasteiger partial charge in [0.15, 0.2) is 0 Å². The van der Waals surface area contributed by atoms with Crippen LogP contribution in [0.2, 0.25) is 0 Å². The molecule has 3 aromatic rings. The van der Waals surface area contributed by atoms with Crippen molar-refractivity contribution < 1.29 is 22.3 Å². The highest BCUT2D eigenvalue weighted by molar-refractivity contribution is 7.89. The van der Waals surface area contributed by atoms with Gasteiger partial charge in [0.1, 0.15) is 22.2 Å². The number of aromatic nitrogens is 2. The van der Waals surface area contributed by atoms with Gasteiger partial charge in [-0.25, -0.2) is 17.8 Å². The fourth-order valence-corrected chi connectivity index (χ4v) is 5.49. The fraction of sp³-hybridized carbons (Fsp3) is 0.333. The minimum atomic E-state index is -3.82. The molecule has 1 aliphatic rings. The molecule has 0 bridgehead atoms. The molecule has 0 atom stereocenters. The van der Waals surface area contributed by atoms with Gasteiger partial charge in [-0.1, -0.05) is 0 Å². The van der Waals surface area contributed by atoms with E-state index in [1.807, 2.05) is 0 Å². The molecular weight excluding hydrogens is 425 g/mol. The van der Waals surface area contributed by atoms with Gasteiger partial charge in [-0.2, -0.15) is 4.31 Å². The third kappa shape index (κ3) is 3.88. The summed E-state index contributed by atoms with van der Waals surface area (Å²) in [6.07, 6.45) is 2.30. The summed E-state index contributed by atoms with van der Waals surface area (Å²) >= 11 is 0. The van der Waals surface area contributed by atoms with Crippen molar-refractivity contribution in [3.05, 3.63) is 58.9 Å². The maximum absolute atomic E-state index is 13.6. The maximum Gasteiger partial charge on any atom is 0.261 e. The standard InChI is InChI=1S/C21H22FN3O5S/c1-29-16-4-6-19(30-2)20(12-16)31(27,28)24-9-7-15(8-10-24)25-13-23-18-5-3-14(22)11-17(18)21(25)26/h3-6,11-13,15H,7-10H2,1-2H3. The Morgan fingerprint density at radius 2 is 1.81 bits per heavy atom. The molecule has 8 nitrogen and oxygen atoms in total. The zero-order valence-corrected chi connectivity index (χ0v) is 17.9. The van der Waals surface area contributed by atoms with Crippen LogP contribution in [0.5, 0.6) is 11.5 Å². The topological polar surface area (TPSA) is 90.7 Å². The van der Waals surface area contributed by atoms with E-state index in [-0.39, 0.29) is 40.7 Å². The largest absolute Gasteiger partial charge is 0.497 e. The van der Waals surface area contributed by atoms with Crippen molar-refractivity contribution in [2.75, 3.05) is 27.3 Å². The Labute approximate surface area is 178 Å². The van der Waals surface area contributed by atoms with Crippen molar-refractivity contribution >= 4 is 20.9 Å². The van der Waals surface area contributed by atoms with E-state index >= 15 is 0 Å². The molecule has 0 amide bonds. The van der Waals surface area contributed by atoms with Gasteiger partial charge in [-0.3, -0.25) is 9.36 Å². The van der Waals surface area contributed by atoms with Crippen molar-refractivity contribution in [3.8, 4) is 11.5 Å². The first-order chi connectivity index (χ1) is 14.8. The Balaban J connectivity index is 1.59. The summed E-state index contributed by atoms with van der Waals surface area (Å²) < 4.78 is 53.3. The van der Waals surface area contributed by atoms with E-state index in [2.05, 4.69) is 4.98 Å². The Kier molecular flexibility index (Phi) is 5.67. The van der Waals surface area contributed by atoms with Gasteiger partial charge in [0.2, 0.25) is 10.0 Å². The molecule has 164 valence electrons. The highest BCUT2D eigenvalue weighted by Crippen LogP contribution is 2.33. The molecular formula is C21H22FN3O5S. The monoisotopic (exact) mass is 447 g/mol. The van der Waals surface area contributed by atoms with Gasteiger partial charge in [-0.05, 0) is 43.2 Å². The minimum Gasteiger partial charge on any atom is -0.497 e. The van der Waals surface area contributed by atoms with E-state index in [0.717, 1.165) is 0 Å². The predicted octanol–water partition coefficient (Wildman–Crippen LogP) is 2.58. The Bertz CT molecular complexity index is 1280. The molecule has 1 aromatic heterocycles. The molecule has 4 rings (SSSR count). The van der Waals surface area contributed by atoms with Crippen LogP contribution in [0.4, 0.5) is 4.39 Å². The molecule has 2 heterocycles. The SMILES string of the molecule is COc1ccc(OC)c(S(=O)(=O)N2CCC(n3cnc4ccc(F)cc4c3=O)CC2)c1.